The molecule has 1 amide bonds. The van der Waals surface area contributed by atoms with E-state index < -0.39 is 0 Å². The van der Waals surface area contributed by atoms with Gasteiger partial charge in [0.2, 0.25) is 5.91 Å². The summed E-state index contributed by atoms with van der Waals surface area (Å²) < 4.78 is 0. The van der Waals surface area contributed by atoms with Gasteiger partial charge in [-0.3, -0.25) is 4.79 Å². The highest BCUT2D eigenvalue weighted by atomic mass is 16.1. The summed E-state index contributed by atoms with van der Waals surface area (Å²) in [6.45, 7) is 5.57. The number of amides is 1. The lowest BCUT2D eigenvalue weighted by Crippen LogP contribution is -2.35. The molecule has 106 valence electrons. The highest BCUT2D eigenvalue weighted by Crippen LogP contribution is 2.07. The highest BCUT2D eigenvalue weighted by molar-refractivity contribution is 5.78. The van der Waals surface area contributed by atoms with E-state index in [4.69, 9.17) is 0 Å². The maximum absolute atomic E-state index is 12.0. The fourth-order valence-corrected chi connectivity index (χ4v) is 2.11. The molecule has 0 aliphatic carbocycles. The zero-order valence-corrected chi connectivity index (χ0v) is 12.3. The van der Waals surface area contributed by atoms with Gasteiger partial charge in [0.15, 0.2) is 0 Å². The second-order valence-corrected chi connectivity index (χ2v) is 4.95. The number of rotatable bonds is 8. The first-order chi connectivity index (χ1) is 9.21. The van der Waals surface area contributed by atoms with Crippen LogP contribution in [0.4, 0.5) is 0 Å². The van der Waals surface area contributed by atoms with E-state index in [0.717, 1.165) is 31.4 Å². The Bertz CT molecular complexity index is 373. The van der Waals surface area contributed by atoms with Crippen molar-refractivity contribution in [1.82, 2.24) is 10.6 Å². The van der Waals surface area contributed by atoms with Gasteiger partial charge in [-0.05, 0) is 31.0 Å². The first kappa shape index (κ1) is 15.7. The molecule has 3 nitrogen and oxygen atoms in total. The Morgan fingerprint density at radius 2 is 1.79 bits per heavy atom. The fourth-order valence-electron chi connectivity index (χ4n) is 2.11. The Kier molecular flexibility index (Phi) is 7.19. The van der Waals surface area contributed by atoms with Gasteiger partial charge >= 0.3 is 0 Å². The summed E-state index contributed by atoms with van der Waals surface area (Å²) in [6, 6.07) is 8.50. The van der Waals surface area contributed by atoms with Crippen LogP contribution in [-0.4, -0.2) is 19.5 Å². The van der Waals surface area contributed by atoms with Crippen LogP contribution in [-0.2, 0) is 17.8 Å². The Labute approximate surface area is 116 Å². The number of hydrogen-bond donors (Lipinski definition) is 2. The van der Waals surface area contributed by atoms with E-state index in [-0.39, 0.29) is 11.8 Å². The van der Waals surface area contributed by atoms with Crippen LogP contribution in [0.1, 0.15) is 37.8 Å². The maximum atomic E-state index is 12.0. The Morgan fingerprint density at radius 3 is 2.32 bits per heavy atom. The minimum absolute atomic E-state index is 0.0596. The SMILES string of the molecule is CCCc1ccc(CNC(=O)C(CC)CNC)cc1. The molecule has 2 N–H and O–H groups in total. The summed E-state index contributed by atoms with van der Waals surface area (Å²) in [5.74, 6) is 0.193. The first-order valence-corrected chi connectivity index (χ1v) is 7.21. The van der Waals surface area contributed by atoms with Crippen molar-refractivity contribution in [2.45, 2.75) is 39.7 Å². The first-order valence-electron chi connectivity index (χ1n) is 7.21. The molecule has 19 heavy (non-hydrogen) atoms. The van der Waals surface area contributed by atoms with Crippen LogP contribution in [0.15, 0.2) is 24.3 Å². The van der Waals surface area contributed by atoms with Crippen molar-refractivity contribution in [2.75, 3.05) is 13.6 Å². The molecule has 1 atom stereocenters. The summed E-state index contributed by atoms with van der Waals surface area (Å²) in [5, 5.41) is 6.07. The summed E-state index contributed by atoms with van der Waals surface area (Å²) in [5.41, 5.74) is 2.52. The molecule has 0 heterocycles. The summed E-state index contributed by atoms with van der Waals surface area (Å²) >= 11 is 0. The normalized spacial score (nSPS) is 12.2. The van der Waals surface area contributed by atoms with Crippen molar-refractivity contribution in [3.05, 3.63) is 35.4 Å². The van der Waals surface area contributed by atoms with Gasteiger partial charge in [0, 0.05) is 13.1 Å². The topological polar surface area (TPSA) is 41.1 Å². The van der Waals surface area contributed by atoms with Crippen LogP contribution in [0.25, 0.3) is 0 Å². The second-order valence-electron chi connectivity index (χ2n) is 4.95. The number of benzene rings is 1. The molecule has 0 saturated carbocycles. The van der Waals surface area contributed by atoms with E-state index in [1.54, 1.807) is 0 Å². The van der Waals surface area contributed by atoms with E-state index in [9.17, 15) is 4.79 Å². The molecule has 0 fully saturated rings. The van der Waals surface area contributed by atoms with Crippen LogP contribution in [0.3, 0.4) is 0 Å². The van der Waals surface area contributed by atoms with Gasteiger partial charge in [0.25, 0.3) is 0 Å². The Morgan fingerprint density at radius 1 is 1.16 bits per heavy atom. The summed E-state index contributed by atoms with van der Waals surface area (Å²) in [6.07, 6.45) is 3.15. The molecule has 3 heteroatoms. The van der Waals surface area contributed by atoms with Crippen molar-refractivity contribution in [3.8, 4) is 0 Å². The molecule has 1 aromatic rings. The van der Waals surface area contributed by atoms with Gasteiger partial charge in [-0.25, -0.2) is 0 Å². The van der Waals surface area contributed by atoms with Gasteiger partial charge in [-0.1, -0.05) is 44.5 Å². The molecule has 0 saturated heterocycles. The van der Waals surface area contributed by atoms with Gasteiger partial charge < -0.3 is 10.6 Å². The van der Waals surface area contributed by atoms with Crippen molar-refractivity contribution in [3.63, 3.8) is 0 Å². The van der Waals surface area contributed by atoms with Crippen LogP contribution >= 0.6 is 0 Å². The molecule has 0 aromatic heterocycles. The molecule has 1 aromatic carbocycles. The second kappa shape index (κ2) is 8.70. The van der Waals surface area contributed by atoms with Gasteiger partial charge in [0.05, 0.1) is 5.92 Å². The third-order valence-electron chi connectivity index (χ3n) is 3.34. The number of aryl methyl sites for hydroxylation is 1. The molecular weight excluding hydrogens is 236 g/mol. The van der Waals surface area contributed by atoms with E-state index in [1.807, 2.05) is 14.0 Å². The van der Waals surface area contributed by atoms with Gasteiger partial charge in [0.1, 0.15) is 0 Å². The standard InChI is InChI=1S/C16H26N2O/c1-4-6-13-7-9-14(10-8-13)11-18-16(19)15(5-2)12-17-3/h7-10,15,17H,4-6,11-12H2,1-3H3,(H,18,19). The predicted octanol–water partition coefficient (Wildman–Crippen LogP) is 2.50. The van der Waals surface area contributed by atoms with Crippen molar-refractivity contribution >= 4 is 5.91 Å². The molecular formula is C16H26N2O. The Hall–Kier alpha value is -1.35. The van der Waals surface area contributed by atoms with E-state index in [2.05, 4.69) is 41.8 Å². The third-order valence-corrected chi connectivity index (χ3v) is 3.34. The number of carbonyl (C=O) groups excluding carboxylic acids is 1. The average molecular weight is 262 g/mol. The molecule has 1 unspecified atom stereocenters. The zero-order chi connectivity index (χ0) is 14.1. The third kappa shape index (κ3) is 5.43. The maximum Gasteiger partial charge on any atom is 0.224 e. The minimum atomic E-state index is 0.0596. The van der Waals surface area contributed by atoms with E-state index in [1.165, 1.54) is 5.56 Å². The lowest BCUT2D eigenvalue weighted by molar-refractivity contribution is -0.125. The van der Waals surface area contributed by atoms with E-state index in [0.29, 0.717) is 6.54 Å². The number of nitrogens with one attached hydrogen (secondary N) is 2. The Balaban J connectivity index is 2.45. The quantitative estimate of drug-likeness (QED) is 0.756. The lowest BCUT2D eigenvalue weighted by Gasteiger charge is -2.14. The van der Waals surface area contributed by atoms with Gasteiger partial charge in [-0.2, -0.15) is 0 Å². The smallest absolute Gasteiger partial charge is 0.224 e. The van der Waals surface area contributed by atoms with Crippen LogP contribution in [0, 0.1) is 5.92 Å². The fraction of sp³-hybridized carbons (Fsp3) is 0.562. The largest absolute Gasteiger partial charge is 0.352 e. The van der Waals surface area contributed by atoms with E-state index >= 15 is 0 Å². The minimum Gasteiger partial charge on any atom is -0.352 e. The van der Waals surface area contributed by atoms with Crippen LogP contribution in [0.2, 0.25) is 0 Å². The van der Waals surface area contributed by atoms with Crippen molar-refractivity contribution < 1.29 is 4.79 Å². The summed E-state index contributed by atoms with van der Waals surface area (Å²) in [4.78, 5) is 12.0. The number of hydrogen-bond acceptors (Lipinski definition) is 2. The molecule has 0 radical (unpaired) electrons. The monoisotopic (exact) mass is 262 g/mol. The molecule has 0 aliphatic heterocycles. The molecule has 0 aliphatic rings. The highest BCUT2D eigenvalue weighted by Gasteiger charge is 2.14. The zero-order valence-electron chi connectivity index (χ0n) is 12.3. The van der Waals surface area contributed by atoms with Crippen molar-refractivity contribution in [1.29, 1.82) is 0 Å². The van der Waals surface area contributed by atoms with Crippen molar-refractivity contribution in [2.24, 2.45) is 5.92 Å². The number of carbonyl (C=O) groups is 1. The predicted molar refractivity (Wildman–Crippen MR) is 80.0 cm³/mol. The molecule has 0 spiro atoms. The lowest BCUT2D eigenvalue weighted by atomic mass is 10.1. The average Bonchev–Trinajstić information content (AvgIpc) is 2.44. The van der Waals surface area contributed by atoms with Gasteiger partial charge in [-0.15, -0.1) is 0 Å². The van der Waals surface area contributed by atoms with Crippen LogP contribution < -0.4 is 10.6 Å². The molecule has 1 rings (SSSR count). The summed E-state index contributed by atoms with van der Waals surface area (Å²) in [7, 11) is 1.88. The van der Waals surface area contributed by atoms with Crippen LogP contribution in [0.5, 0.6) is 0 Å². The molecule has 0 bridgehead atoms.